The van der Waals surface area contributed by atoms with Crippen LogP contribution in [0.1, 0.15) is 56.4 Å². The van der Waals surface area contributed by atoms with Gasteiger partial charge in [0.15, 0.2) is 6.61 Å². The fourth-order valence-corrected chi connectivity index (χ4v) is 6.22. The number of nitrogens with zero attached hydrogens (tertiary/aromatic N) is 2. The van der Waals surface area contributed by atoms with Crippen LogP contribution >= 0.6 is 0 Å². The third-order valence-electron chi connectivity index (χ3n) is 7.77. The minimum Gasteiger partial charge on any atom is -0.484 e. The molecule has 0 saturated carbocycles. The van der Waals surface area contributed by atoms with Crippen molar-refractivity contribution in [2.24, 2.45) is 0 Å². The zero-order valence-electron chi connectivity index (χ0n) is 21.6. The fraction of sp³-hybridized carbons (Fsp3) is 0.355. The Balaban J connectivity index is 1.41. The van der Waals surface area contributed by atoms with Gasteiger partial charge in [0.2, 0.25) is 5.91 Å². The summed E-state index contributed by atoms with van der Waals surface area (Å²) in [6, 6.07) is 24.7. The first kappa shape index (κ1) is 24.1. The van der Waals surface area contributed by atoms with E-state index in [0.29, 0.717) is 18.8 Å². The summed E-state index contributed by atoms with van der Waals surface area (Å²) in [6.07, 6.45) is 1.66. The van der Waals surface area contributed by atoms with Crippen molar-refractivity contribution < 1.29 is 14.3 Å². The number of anilines is 1. The normalized spacial score (nSPS) is 20.3. The second-order valence-corrected chi connectivity index (χ2v) is 10.8. The van der Waals surface area contributed by atoms with E-state index in [4.69, 9.17) is 4.74 Å². The van der Waals surface area contributed by atoms with Crippen LogP contribution < -0.4 is 9.64 Å². The molecule has 2 aliphatic rings. The number of hydrogen-bond acceptors (Lipinski definition) is 3. The molecule has 36 heavy (non-hydrogen) atoms. The molecule has 0 spiro atoms. The van der Waals surface area contributed by atoms with Gasteiger partial charge in [0.25, 0.3) is 5.91 Å². The molecule has 0 radical (unpaired) electrons. The van der Waals surface area contributed by atoms with E-state index in [-0.39, 0.29) is 29.4 Å². The molecule has 0 bridgehead atoms. The number of carbonyl (C=O) groups excluding carboxylic acids is 2. The number of hydrogen-bond donors (Lipinski definition) is 0. The number of carbonyl (C=O) groups is 2. The average Bonchev–Trinajstić information content (AvgIpc) is 2.86. The van der Waals surface area contributed by atoms with Crippen LogP contribution in [0.2, 0.25) is 0 Å². The van der Waals surface area contributed by atoms with Gasteiger partial charge in [-0.1, -0.05) is 67.6 Å². The van der Waals surface area contributed by atoms with E-state index >= 15 is 0 Å². The van der Waals surface area contributed by atoms with Crippen LogP contribution in [0.5, 0.6) is 5.75 Å². The van der Waals surface area contributed by atoms with Crippen molar-refractivity contribution in [1.29, 1.82) is 0 Å². The van der Waals surface area contributed by atoms with Crippen molar-refractivity contribution in [2.45, 2.75) is 58.0 Å². The van der Waals surface area contributed by atoms with Crippen molar-refractivity contribution in [1.82, 2.24) is 4.90 Å². The van der Waals surface area contributed by atoms with E-state index in [9.17, 15) is 9.59 Å². The van der Waals surface area contributed by atoms with E-state index in [2.05, 4.69) is 63.2 Å². The monoisotopic (exact) mass is 482 g/mol. The van der Waals surface area contributed by atoms with Gasteiger partial charge >= 0.3 is 0 Å². The molecule has 0 saturated heterocycles. The van der Waals surface area contributed by atoms with Gasteiger partial charge in [-0.25, -0.2) is 0 Å². The lowest BCUT2D eigenvalue weighted by Gasteiger charge is -2.51. The number of rotatable bonds is 4. The summed E-state index contributed by atoms with van der Waals surface area (Å²) >= 11 is 0. The van der Waals surface area contributed by atoms with Gasteiger partial charge in [-0.3, -0.25) is 9.59 Å². The molecule has 1 unspecified atom stereocenters. The number of benzene rings is 3. The topological polar surface area (TPSA) is 49.9 Å². The first-order valence-corrected chi connectivity index (χ1v) is 12.7. The Morgan fingerprint density at radius 1 is 0.917 bits per heavy atom. The second-order valence-electron chi connectivity index (χ2n) is 10.8. The van der Waals surface area contributed by atoms with Crippen LogP contribution in [-0.2, 0) is 28.0 Å². The van der Waals surface area contributed by atoms with Crippen molar-refractivity contribution in [3.05, 3.63) is 95.1 Å². The zero-order chi connectivity index (χ0) is 25.5. The molecular formula is C31H34N2O3. The predicted octanol–water partition coefficient (Wildman–Crippen LogP) is 5.49. The third-order valence-corrected chi connectivity index (χ3v) is 7.77. The van der Waals surface area contributed by atoms with Gasteiger partial charge in [0.05, 0.1) is 5.69 Å². The number of fused-ring (bicyclic) bond motifs is 2. The largest absolute Gasteiger partial charge is 0.484 e. The molecule has 2 amide bonds. The summed E-state index contributed by atoms with van der Waals surface area (Å²) in [5, 5.41) is 0. The molecule has 0 aromatic heterocycles. The maximum absolute atomic E-state index is 13.0. The van der Waals surface area contributed by atoms with E-state index in [1.807, 2.05) is 40.1 Å². The Labute approximate surface area is 213 Å². The summed E-state index contributed by atoms with van der Waals surface area (Å²) in [4.78, 5) is 29.5. The summed E-state index contributed by atoms with van der Waals surface area (Å²) in [5.41, 5.74) is 5.02. The summed E-state index contributed by atoms with van der Waals surface area (Å²) in [6.45, 7) is 9.38. The smallest absolute Gasteiger partial charge is 0.260 e. The Morgan fingerprint density at radius 2 is 1.61 bits per heavy atom. The lowest BCUT2D eigenvalue weighted by molar-refractivity contribution is -0.134. The van der Waals surface area contributed by atoms with Gasteiger partial charge in [0.1, 0.15) is 5.75 Å². The van der Waals surface area contributed by atoms with Gasteiger partial charge in [-0.15, -0.1) is 0 Å². The number of ether oxygens (including phenoxy) is 1. The molecule has 2 heterocycles. The minimum absolute atomic E-state index is 0.00318. The fourth-order valence-electron chi connectivity index (χ4n) is 6.22. The van der Waals surface area contributed by atoms with E-state index in [1.165, 1.54) is 16.7 Å². The molecular weight excluding hydrogens is 448 g/mol. The second kappa shape index (κ2) is 9.12. The van der Waals surface area contributed by atoms with Gasteiger partial charge < -0.3 is 14.5 Å². The SMILES string of the molecule is CC(=O)N1c2cc(OCC(=O)N3CCc4ccccc4C3)ccc2C(C)(c2ccccc2)CC1(C)C. The van der Waals surface area contributed by atoms with E-state index in [1.54, 1.807) is 6.92 Å². The molecule has 5 rings (SSSR count). The molecule has 5 nitrogen and oxygen atoms in total. The van der Waals surface area contributed by atoms with Crippen LogP contribution in [-0.4, -0.2) is 35.4 Å². The van der Waals surface area contributed by atoms with Gasteiger partial charge in [-0.2, -0.15) is 0 Å². The highest BCUT2D eigenvalue weighted by atomic mass is 16.5. The Bertz CT molecular complexity index is 1300. The quantitative estimate of drug-likeness (QED) is 0.494. The highest BCUT2D eigenvalue weighted by Gasteiger charge is 2.47. The first-order chi connectivity index (χ1) is 17.2. The van der Waals surface area contributed by atoms with Crippen molar-refractivity contribution in [2.75, 3.05) is 18.1 Å². The molecule has 0 aliphatic carbocycles. The van der Waals surface area contributed by atoms with Crippen molar-refractivity contribution in [3.8, 4) is 5.75 Å². The molecule has 2 aliphatic heterocycles. The lowest BCUT2D eigenvalue weighted by Crippen LogP contribution is -2.55. The van der Waals surface area contributed by atoms with E-state index < -0.39 is 0 Å². The van der Waals surface area contributed by atoms with Crippen molar-refractivity contribution in [3.63, 3.8) is 0 Å². The van der Waals surface area contributed by atoms with Crippen LogP contribution in [0, 0.1) is 0 Å². The third kappa shape index (κ3) is 4.27. The highest BCUT2D eigenvalue weighted by molar-refractivity contribution is 5.95. The first-order valence-electron chi connectivity index (χ1n) is 12.7. The molecule has 3 aromatic carbocycles. The summed E-state index contributed by atoms with van der Waals surface area (Å²) in [5.74, 6) is 0.565. The Hall–Kier alpha value is -3.60. The molecule has 1 atom stereocenters. The zero-order valence-corrected chi connectivity index (χ0v) is 21.6. The van der Waals surface area contributed by atoms with Gasteiger partial charge in [0, 0.05) is 37.0 Å². The van der Waals surface area contributed by atoms with Crippen LogP contribution in [0.25, 0.3) is 0 Å². The highest BCUT2D eigenvalue weighted by Crippen LogP contribution is 2.51. The maximum atomic E-state index is 13.0. The van der Waals surface area contributed by atoms with Crippen LogP contribution in [0.15, 0.2) is 72.8 Å². The standard InChI is InChI=1S/C31H34N2O3/c1-22(34)33-28-18-26(36-20-29(35)32-17-16-23-10-8-9-11-24(23)19-32)14-15-27(28)31(4,21-30(33,2)3)25-12-6-5-7-13-25/h5-15,18H,16-17,19-21H2,1-4H3. The molecule has 5 heteroatoms. The summed E-state index contributed by atoms with van der Waals surface area (Å²) < 4.78 is 6.02. The van der Waals surface area contributed by atoms with Crippen molar-refractivity contribution >= 4 is 17.5 Å². The predicted molar refractivity (Wildman–Crippen MR) is 142 cm³/mol. The Kier molecular flexibility index (Phi) is 6.11. The van der Waals surface area contributed by atoms with E-state index in [0.717, 1.165) is 24.1 Å². The molecule has 0 fully saturated rings. The van der Waals surface area contributed by atoms with Gasteiger partial charge in [-0.05, 0) is 55.0 Å². The average molecular weight is 483 g/mol. The Morgan fingerprint density at radius 3 is 2.33 bits per heavy atom. The maximum Gasteiger partial charge on any atom is 0.260 e. The minimum atomic E-state index is -0.390. The molecule has 186 valence electrons. The van der Waals surface area contributed by atoms with Crippen LogP contribution in [0.3, 0.4) is 0 Å². The molecule has 3 aromatic rings. The molecule has 0 N–H and O–H groups in total. The van der Waals surface area contributed by atoms with Crippen LogP contribution in [0.4, 0.5) is 5.69 Å². The number of amides is 2. The lowest BCUT2D eigenvalue weighted by atomic mass is 9.65. The summed E-state index contributed by atoms with van der Waals surface area (Å²) in [7, 11) is 0.